The maximum atomic E-state index is 13.5. The Bertz CT molecular complexity index is 1260. The molecule has 1 heterocycles. The first-order valence-corrected chi connectivity index (χ1v) is 11.5. The predicted molar refractivity (Wildman–Crippen MR) is 124 cm³/mol. The lowest BCUT2D eigenvalue weighted by Crippen LogP contribution is -2.32. The second-order valence-corrected chi connectivity index (χ2v) is 9.25. The van der Waals surface area contributed by atoms with Gasteiger partial charge in [0.15, 0.2) is 5.37 Å². The van der Waals surface area contributed by atoms with Crippen LogP contribution in [-0.4, -0.2) is 43.7 Å². The van der Waals surface area contributed by atoms with Gasteiger partial charge < -0.3 is 15.0 Å². The number of anilines is 1. The highest BCUT2D eigenvalue weighted by molar-refractivity contribution is 7.92. The third-order valence-electron chi connectivity index (χ3n) is 4.93. The number of methoxy groups -OCH3 is 1. The predicted octanol–water partition coefficient (Wildman–Crippen LogP) is 3.90. The summed E-state index contributed by atoms with van der Waals surface area (Å²) in [7, 11) is -1.10. The summed E-state index contributed by atoms with van der Waals surface area (Å²) in [4.78, 5) is 18.3. The minimum atomic E-state index is -4.08. The number of benzene rings is 2. The van der Waals surface area contributed by atoms with Crippen molar-refractivity contribution >= 4 is 21.4 Å². The molecule has 9 heteroatoms. The van der Waals surface area contributed by atoms with E-state index in [9.17, 15) is 17.6 Å². The number of hydrogen-bond donors (Lipinski definition) is 1. The van der Waals surface area contributed by atoms with E-state index in [1.807, 2.05) is 0 Å². The van der Waals surface area contributed by atoms with Crippen LogP contribution in [0.15, 0.2) is 84.5 Å². The Kier molecular flexibility index (Phi) is 7.44. The molecule has 0 saturated carbocycles. The van der Waals surface area contributed by atoms with Gasteiger partial charge in [-0.1, -0.05) is 36.9 Å². The van der Waals surface area contributed by atoms with Crippen molar-refractivity contribution in [2.45, 2.75) is 16.8 Å². The van der Waals surface area contributed by atoms with Crippen LogP contribution in [0.4, 0.5) is 10.1 Å². The van der Waals surface area contributed by atoms with Crippen molar-refractivity contribution in [3.63, 3.8) is 0 Å². The average Bonchev–Trinajstić information content (AvgIpc) is 2.82. The smallest absolute Gasteiger partial charge is 0.255 e. The lowest BCUT2D eigenvalue weighted by molar-refractivity contribution is 0.0781. The lowest BCUT2D eigenvalue weighted by Gasteiger charge is -2.22. The number of hydrogen-bond acceptors (Lipinski definition) is 6. The van der Waals surface area contributed by atoms with Crippen molar-refractivity contribution in [1.82, 2.24) is 9.88 Å². The van der Waals surface area contributed by atoms with Crippen LogP contribution in [0.2, 0.25) is 0 Å². The Balaban J connectivity index is 1.92. The van der Waals surface area contributed by atoms with Crippen molar-refractivity contribution in [1.29, 1.82) is 0 Å². The van der Waals surface area contributed by atoms with Crippen molar-refractivity contribution in [2.24, 2.45) is 0 Å². The molecule has 1 aromatic heterocycles. The number of pyridine rings is 1. The van der Waals surface area contributed by atoms with E-state index in [-0.39, 0.29) is 17.0 Å². The van der Waals surface area contributed by atoms with Gasteiger partial charge in [-0.25, -0.2) is 12.8 Å². The molecule has 33 heavy (non-hydrogen) atoms. The number of nitrogens with one attached hydrogen (secondary N) is 1. The lowest BCUT2D eigenvalue weighted by atomic mass is 10.1. The van der Waals surface area contributed by atoms with Crippen molar-refractivity contribution < 1.29 is 22.3 Å². The molecule has 3 aromatic rings. The molecule has 7 nitrogen and oxygen atoms in total. The number of carbonyl (C=O) groups excluding carboxylic acids is 1. The van der Waals surface area contributed by atoms with Gasteiger partial charge in [-0.05, 0) is 29.8 Å². The summed E-state index contributed by atoms with van der Waals surface area (Å²) in [6, 6.07) is 13.4. The number of nitrogens with zero attached hydrogens (tertiary/aromatic N) is 2. The van der Waals surface area contributed by atoms with E-state index >= 15 is 0 Å². The minimum Gasteiger partial charge on any atom is -0.494 e. The molecule has 1 unspecified atom stereocenters. The molecule has 2 aromatic carbocycles. The molecule has 1 amide bonds. The van der Waals surface area contributed by atoms with E-state index in [2.05, 4.69) is 16.9 Å². The zero-order valence-electron chi connectivity index (χ0n) is 18.2. The zero-order valence-corrected chi connectivity index (χ0v) is 19.0. The highest BCUT2D eigenvalue weighted by atomic mass is 32.2. The van der Waals surface area contributed by atoms with E-state index in [0.29, 0.717) is 17.0 Å². The molecule has 0 saturated heterocycles. The summed E-state index contributed by atoms with van der Waals surface area (Å²) in [5.41, 5.74) is 0.948. The molecule has 0 fully saturated rings. The third kappa shape index (κ3) is 5.38. The quantitative estimate of drug-likeness (QED) is 0.478. The van der Waals surface area contributed by atoms with Crippen LogP contribution in [0.25, 0.3) is 0 Å². The van der Waals surface area contributed by atoms with Crippen LogP contribution >= 0.6 is 0 Å². The van der Waals surface area contributed by atoms with Gasteiger partial charge in [0.05, 0.1) is 29.5 Å². The van der Waals surface area contributed by atoms with E-state index < -0.39 is 26.9 Å². The molecule has 0 aliphatic heterocycles. The van der Waals surface area contributed by atoms with Crippen molar-refractivity contribution in [3.05, 3.63) is 96.6 Å². The number of amides is 1. The molecule has 0 spiro atoms. The number of carbonyl (C=O) groups is 1. The van der Waals surface area contributed by atoms with Crippen molar-refractivity contribution in [2.75, 3.05) is 19.5 Å². The molecule has 3 rings (SSSR count). The monoisotopic (exact) mass is 469 g/mol. The fourth-order valence-corrected chi connectivity index (χ4v) is 4.84. The third-order valence-corrected chi connectivity index (χ3v) is 6.87. The van der Waals surface area contributed by atoms with Gasteiger partial charge in [-0.3, -0.25) is 9.78 Å². The van der Waals surface area contributed by atoms with Crippen molar-refractivity contribution in [3.8, 4) is 5.75 Å². The normalized spacial score (nSPS) is 12.0. The Morgan fingerprint density at radius 1 is 1.24 bits per heavy atom. The number of rotatable bonds is 9. The molecule has 1 atom stereocenters. The molecule has 0 bridgehead atoms. The van der Waals surface area contributed by atoms with Gasteiger partial charge in [0.2, 0.25) is 9.84 Å². The number of ether oxygens (including phenoxy) is 1. The summed E-state index contributed by atoms with van der Waals surface area (Å²) in [5.74, 6) is -0.520. The Labute approximate surface area is 192 Å². The van der Waals surface area contributed by atoms with Gasteiger partial charge in [0.25, 0.3) is 5.91 Å². The first-order valence-electron chi connectivity index (χ1n) is 9.98. The Hall–Kier alpha value is -3.72. The number of sulfone groups is 1. The molecule has 0 radical (unpaired) electrons. The molecular formula is C24H24FN3O4S. The maximum Gasteiger partial charge on any atom is 0.255 e. The summed E-state index contributed by atoms with van der Waals surface area (Å²) in [6.07, 6.45) is 4.19. The standard InChI is InChI=1S/C24H24FN3O4S/c1-4-23(27-20-15-26-13-12-21(20)32-3)33(30,31)22-11-6-5-10-19(22)24(29)28(2)16-17-8-7-9-18(25)14-17/h4-15,23,27H,1,16H2,2-3H3. The first-order chi connectivity index (χ1) is 15.8. The molecule has 172 valence electrons. The van der Waals surface area contributed by atoms with E-state index in [1.54, 1.807) is 30.3 Å². The SMILES string of the molecule is C=CC(Nc1cnccc1OC)S(=O)(=O)c1ccccc1C(=O)N(C)Cc1cccc(F)c1. The van der Waals surface area contributed by atoms with Gasteiger partial charge in [-0.2, -0.15) is 0 Å². The summed E-state index contributed by atoms with van der Waals surface area (Å²) >= 11 is 0. The molecule has 0 aliphatic carbocycles. The Morgan fingerprint density at radius 2 is 2.00 bits per heavy atom. The highest BCUT2D eigenvalue weighted by Crippen LogP contribution is 2.28. The van der Waals surface area contributed by atoms with Gasteiger partial charge in [0.1, 0.15) is 11.6 Å². The van der Waals surface area contributed by atoms with E-state index in [1.165, 1.54) is 61.8 Å². The first kappa shape index (κ1) is 23.9. The van der Waals surface area contributed by atoms with Crippen LogP contribution < -0.4 is 10.1 Å². The highest BCUT2D eigenvalue weighted by Gasteiger charge is 2.30. The van der Waals surface area contributed by atoms with Crippen LogP contribution in [0.3, 0.4) is 0 Å². The van der Waals surface area contributed by atoms with Crippen LogP contribution in [0.5, 0.6) is 5.75 Å². The Morgan fingerprint density at radius 3 is 2.70 bits per heavy atom. The molecule has 1 N–H and O–H groups in total. The second kappa shape index (κ2) is 10.3. The average molecular weight is 470 g/mol. The fourth-order valence-electron chi connectivity index (χ4n) is 3.30. The summed E-state index contributed by atoms with van der Waals surface area (Å²) < 4.78 is 45.8. The topological polar surface area (TPSA) is 88.6 Å². The molecule has 0 aliphatic rings. The second-order valence-electron chi connectivity index (χ2n) is 7.21. The van der Waals surface area contributed by atoms with E-state index in [4.69, 9.17) is 4.74 Å². The molecular weight excluding hydrogens is 445 g/mol. The zero-order chi connectivity index (χ0) is 24.0. The summed E-state index contributed by atoms with van der Waals surface area (Å²) in [5, 5.41) is 1.62. The van der Waals surface area contributed by atoms with Crippen LogP contribution in [-0.2, 0) is 16.4 Å². The fraction of sp³-hybridized carbons (Fsp3) is 0.167. The van der Waals surface area contributed by atoms with Gasteiger partial charge in [0, 0.05) is 25.9 Å². The van der Waals surface area contributed by atoms with Crippen LogP contribution in [0.1, 0.15) is 15.9 Å². The van der Waals surface area contributed by atoms with Gasteiger partial charge in [-0.15, -0.1) is 0 Å². The van der Waals surface area contributed by atoms with E-state index in [0.717, 1.165) is 0 Å². The minimum absolute atomic E-state index is 0.00297. The summed E-state index contributed by atoms with van der Waals surface area (Å²) in [6.45, 7) is 3.76. The number of aromatic nitrogens is 1. The number of halogens is 1. The largest absolute Gasteiger partial charge is 0.494 e. The van der Waals surface area contributed by atoms with Crippen LogP contribution in [0, 0.1) is 5.82 Å². The maximum absolute atomic E-state index is 13.5. The van der Waals surface area contributed by atoms with Gasteiger partial charge >= 0.3 is 0 Å².